The molecule has 1 aliphatic rings. The van der Waals surface area contributed by atoms with Crippen LogP contribution in [0.25, 0.3) is 0 Å². The van der Waals surface area contributed by atoms with Crippen molar-refractivity contribution in [2.24, 2.45) is 0 Å². The predicted octanol–water partition coefficient (Wildman–Crippen LogP) is 0.471. The second-order valence-corrected chi connectivity index (χ2v) is 2.54. The van der Waals surface area contributed by atoms with Crippen LogP contribution in [0.2, 0.25) is 0 Å². The summed E-state index contributed by atoms with van der Waals surface area (Å²) in [6.45, 7) is 4.90. The van der Waals surface area contributed by atoms with Crippen molar-refractivity contribution in [3.05, 3.63) is 12.3 Å². The quantitative estimate of drug-likeness (QED) is 0.562. The Morgan fingerprint density at radius 1 is 1.89 bits per heavy atom. The van der Waals surface area contributed by atoms with Gasteiger partial charge in [0.25, 0.3) is 0 Å². The lowest BCUT2D eigenvalue weighted by atomic mass is 10.2. The number of rotatable bonds is 2. The van der Waals surface area contributed by atoms with Crippen LogP contribution >= 0.6 is 0 Å². The second-order valence-electron chi connectivity index (χ2n) is 2.54. The van der Waals surface area contributed by atoms with E-state index in [0.29, 0.717) is 6.04 Å². The molecule has 2 nitrogen and oxygen atoms in total. The Hall–Kier alpha value is -0.500. The Kier molecular flexibility index (Phi) is 2.11. The summed E-state index contributed by atoms with van der Waals surface area (Å²) in [5.74, 6) is 0. The van der Waals surface area contributed by atoms with E-state index in [0.717, 1.165) is 13.0 Å². The first kappa shape index (κ1) is 6.62. The molecule has 0 spiro atoms. The minimum Gasteiger partial charge on any atom is -0.385 e. The van der Waals surface area contributed by atoms with Crippen LogP contribution < -0.4 is 10.6 Å². The van der Waals surface area contributed by atoms with Crippen molar-refractivity contribution in [2.45, 2.75) is 18.9 Å². The molecule has 9 heavy (non-hydrogen) atoms. The lowest BCUT2D eigenvalue weighted by molar-refractivity contribution is 0.578. The van der Waals surface area contributed by atoms with E-state index in [4.69, 9.17) is 0 Å². The molecular formula is C7H14N2. The molecule has 1 fully saturated rings. The van der Waals surface area contributed by atoms with Crippen LogP contribution in [0.5, 0.6) is 0 Å². The highest BCUT2D eigenvalue weighted by Gasteiger charge is 2.14. The molecule has 0 aromatic rings. The molecule has 2 N–H and O–H groups in total. The minimum absolute atomic E-state index is 0.627. The second kappa shape index (κ2) is 2.87. The van der Waals surface area contributed by atoms with Gasteiger partial charge in [-0.3, -0.25) is 0 Å². The van der Waals surface area contributed by atoms with Crippen molar-refractivity contribution in [3.63, 3.8) is 0 Å². The average molecular weight is 126 g/mol. The summed E-state index contributed by atoms with van der Waals surface area (Å²) < 4.78 is 0. The Balaban J connectivity index is 2.22. The summed E-state index contributed by atoms with van der Waals surface area (Å²) in [4.78, 5) is 0. The van der Waals surface area contributed by atoms with Gasteiger partial charge in [-0.15, -0.1) is 0 Å². The van der Waals surface area contributed by atoms with Crippen LogP contribution in [-0.4, -0.2) is 19.6 Å². The van der Waals surface area contributed by atoms with Gasteiger partial charge in [0, 0.05) is 18.3 Å². The third kappa shape index (κ3) is 1.72. The Labute approximate surface area is 56.3 Å². The maximum atomic E-state index is 3.85. The normalized spacial score (nSPS) is 26.3. The van der Waals surface area contributed by atoms with Gasteiger partial charge in [0.2, 0.25) is 0 Å². The van der Waals surface area contributed by atoms with Gasteiger partial charge in [0.05, 0.1) is 0 Å². The van der Waals surface area contributed by atoms with Crippen LogP contribution in [0.15, 0.2) is 12.3 Å². The molecule has 0 aromatic carbocycles. The molecule has 1 rings (SSSR count). The maximum absolute atomic E-state index is 3.85. The number of allylic oxidation sites excluding steroid dienone is 1. The lowest BCUT2D eigenvalue weighted by Crippen LogP contribution is -2.31. The van der Waals surface area contributed by atoms with Crippen LogP contribution in [0.4, 0.5) is 0 Å². The number of hydrogen-bond acceptors (Lipinski definition) is 2. The predicted molar refractivity (Wildman–Crippen MR) is 39.2 cm³/mol. The third-order valence-electron chi connectivity index (χ3n) is 1.65. The van der Waals surface area contributed by atoms with Crippen molar-refractivity contribution in [2.75, 3.05) is 13.6 Å². The average Bonchev–Trinajstić information content (AvgIpc) is 2.17. The summed E-state index contributed by atoms with van der Waals surface area (Å²) in [6.07, 6.45) is 2.38. The smallest absolute Gasteiger partial charge is 0.0386 e. The van der Waals surface area contributed by atoms with E-state index < -0.39 is 0 Å². The largest absolute Gasteiger partial charge is 0.385 e. The van der Waals surface area contributed by atoms with Crippen LogP contribution in [0, 0.1) is 0 Å². The zero-order chi connectivity index (χ0) is 6.69. The van der Waals surface area contributed by atoms with Crippen LogP contribution in [0.3, 0.4) is 0 Å². The summed E-state index contributed by atoms with van der Waals surface area (Å²) >= 11 is 0. The van der Waals surface area contributed by atoms with Gasteiger partial charge in [-0.25, -0.2) is 0 Å². The highest BCUT2D eigenvalue weighted by Crippen LogP contribution is 2.11. The molecule has 2 heteroatoms. The first-order valence-electron chi connectivity index (χ1n) is 3.42. The van der Waals surface area contributed by atoms with Crippen molar-refractivity contribution < 1.29 is 0 Å². The molecule has 52 valence electrons. The highest BCUT2D eigenvalue weighted by molar-refractivity contribution is 5.01. The Morgan fingerprint density at radius 2 is 2.67 bits per heavy atom. The van der Waals surface area contributed by atoms with E-state index in [2.05, 4.69) is 17.2 Å². The van der Waals surface area contributed by atoms with Gasteiger partial charge >= 0.3 is 0 Å². The molecule has 0 bridgehead atoms. The highest BCUT2D eigenvalue weighted by atomic mass is 15.0. The minimum atomic E-state index is 0.627. The number of hydrogen-bond donors (Lipinski definition) is 2. The fourth-order valence-electron chi connectivity index (χ4n) is 1.18. The van der Waals surface area contributed by atoms with Crippen molar-refractivity contribution in [3.8, 4) is 0 Å². The van der Waals surface area contributed by atoms with E-state index in [9.17, 15) is 0 Å². The van der Waals surface area contributed by atoms with Crippen molar-refractivity contribution >= 4 is 0 Å². The third-order valence-corrected chi connectivity index (χ3v) is 1.65. The van der Waals surface area contributed by atoms with Crippen LogP contribution in [0.1, 0.15) is 12.8 Å². The summed E-state index contributed by atoms with van der Waals surface area (Å²) in [5, 5.41) is 6.42. The fourth-order valence-corrected chi connectivity index (χ4v) is 1.18. The van der Waals surface area contributed by atoms with Gasteiger partial charge in [-0.2, -0.15) is 0 Å². The molecule has 0 aliphatic carbocycles. The first-order chi connectivity index (χ1) is 4.33. The molecule has 1 unspecified atom stereocenters. The lowest BCUT2D eigenvalue weighted by Gasteiger charge is -2.08. The fraction of sp³-hybridized carbons (Fsp3) is 0.714. The molecule has 1 saturated heterocycles. The Morgan fingerprint density at radius 3 is 3.11 bits per heavy atom. The van der Waals surface area contributed by atoms with Gasteiger partial charge < -0.3 is 10.6 Å². The van der Waals surface area contributed by atoms with Crippen LogP contribution in [-0.2, 0) is 0 Å². The zero-order valence-electron chi connectivity index (χ0n) is 5.91. The standard InChI is InChI=1S/C7H14N2/c1-6-3-4-7(9-6)5-8-2/h7-9H,1,3-5H2,2H3. The van der Waals surface area contributed by atoms with Gasteiger partial charge in [0.1, 0.15) is 0 Å². The molecule has 1 atom stereocenters. The number of nitrogens with one attached hydrogen (secondary N) is 2. The summed E-state index contributed by atoms with van der Waals surface area (Å²) in [6, 6.07) is 0.627. The van der Waals surface area contributed by atoms with Crippen molar-refractivity contribution in [1.82, 2.24) is 10.6 Å². The Bertz CT molecular complexity index is 109. The molecular weight excluding hydrogens is 112 g/mol. The zero-order valence-corrected chi connectivity index (χ0v) is 5.91. The molecule has 1 heterocycles. The SMILES string of the molecule is C=C1CCC(CNC)N1. The monoisotopic (exact) mass is 126 g/mol. The summed E-state index contributed by atoms with van der Waals surface area (Å²) in [7, 11) is 1.97. The molecule has 0 saturated carbocycles. The van der Waals surface area contributed by atoms with Gasteiger partial charge in [-0.1, -0.05) is 6.58 Å². The van der Waals surface area contributed by atoms with E-state index in [-0.39, 0.29) is 0 Å². The first-order valence-corrected chi connectivity index (χ1v) is 3.42. The number of likely N-dealkylation sites (N-methyl/N-ethyl adjacent to an activating group) is 1. The maximum Gasteiger partial charge on any atom is 0.0386 e. The van der Waals surface area contributed by atoms with E-state index in [1.54, 1.807) is 0 Å². The van der Waals surface area contributed by atoms with Gasteiger partial charge in [0.15, 0.2) is 0 Å². The van der Waals surface area contributed by atoms with E-state index in [1.165, 1.54) is 12.1 Å². The molecule has 0 radical (unpaired) electrons. The molecule has 0 aromatic heterocycles. The van der Waals surface area contributed by atoms with E-state index in [1.807, 2.05) is 7.05 Å². The van der Waals surface area contributed by atoms with Crippen molar-refractivity contribution in [1.29, 1.82) is 0 Å². The van der Waals surface area contributed by atoms with Gasteiger partial charge in [-0.05, 0) is 19.9 Å². The summed E-state index contributed by atoms with van der Waals surface area (Å²) in [5.41, 5.74) is 1.19. The van der Waals surface area contributed by atoms with E-state index >= 15 is 0 Å². The molecule has 0 amide bonds. The topological polar surface area (TPSA) is 24.1 Å². The molecule has 1 aliphatic heterocycles.